The van der Waals surface area contributed by atoms with Gasteiger partial charge in [-0.2, -0.15) is 0 Å². The third kappa shape index (κ3) is 7.17. The number of carboxylic acid groups (broad SMARTS) is 1. The molecule has 5 rings (SSSR count). The molecule has 6 heteroatoms. The molecule has 0 bridgehead atoms. The molecule has 2 saturated heterocycles. The van der Waals surface area contributed by atoms with E-state index in [-0.39, 0.29) is 6.04 Å². The largest absolute Gasteiger partial charge is 0.493 e. The summed E-state index contributed by atoms with van der Waals surface area (Å²) in [6.07, 6.45) is 4.36. The van der Waals surface area contributed by atoms with Crippen LogP contribution in [0, 0.1) is 13.8 Å². The van der Waals surface area contributed by atoms with E-state index in [1.54, 1.807) is 0 Å². The fourth-order valence-electron chi connectivity index (χ4n) is 6.38. The highest BCUT2D eigenvalue weighted by Gasteiger charge is 2.28. The van der Waals surface area contributed by atoms with E-state index in [1.807, 2.05) is 6.07 Å². The molecule has 2 aliphatic heterocycles. The third-order valence-corrected chi connectivity index (χ3v) is 8.85. The molecule has 3 aromatic rings. The van der Waals surface area contributed by atoms with Gasteiger partial charge in [0.05, 0.1) is 6.61 Å². The number of nitrogens with zero attached hydrogens (tertiary/aromatic N) is 2. The van der Waals surface area contributed by atoms with Crippen molar-refractivity contribution >= 4 is 5.97 Å². The zero-order chi connectivity index (χ0) is 28.8. The molecule has 0 aliphatic carbocycles. The highest BCUT2D eigenvalue weighted by atomic mass is 19.1. The summed E-state index contributed by atoms with van der Waals surface area (Å²) in [5, 5.41) is 9.62. The van der Waals surface area contributed by atoms with E-state index in [2.05, 4.69) is 78.2 Å². The van der Waals surface area contributed by atoms with Crippen LogP contribution in [0.4, 0.5) is 4.39 Å². The second-order valence-corrected chi connectivity index (χ2v) is 11.6. The number of carbonyl (C=O) groups is 1. The van der Waals surface area contributed by atoms with Gasteiger partial charge in [0.2, 0.25) is 0 Å². The zero-order valence-corrected chi connectivity index (χ0v) is 24.4. The SMILES string of the molecule is Cc1c(OCCCN2CCC(F)CC2)cccc1-c1cccc(-c2ccc(CN3CCCC[C@H]3C(=O)O)cc2)c1C. The van der Waals surface area contributed by atoms with Gasteiger partial charge in [0.1, 0.15) is 18.0 Å². The van der Waals surface area contributed by atoms with Gasteiger partial charge in [-0.05, 0) is 97.5 Å². The van der Waals surface area contributed by atoms with Crippen molar-refractivity contribution in [3.05, 3.63) is 77.4 Å². The van der Waals surface area contributed by atoms with E-state index in [9.17, 15) is 14.3 Å². The predicted octanol–water partition coefficient (Wildman–Crippen LogP) is 7.28. The molecule has 218 valence electrons. The minimum Gasteiger partial charge on any atom is -0.493 e. The van der Waals surface area contributed by atoms with Crippen molar-refractivity contribution in [2.24, 2.45) is 0 Å². The first-order valence-corrected chi connectivity index (χ1v) is 15.2. The lowest BCUT2D eigenvalue weighted by Crippen LogP contribution is -2.43. The number of likely N-dealkylation sites (tertiary alicyclic amines) is 2. The Morgan fingerprint density at radius 2 is 1.56 bits per heavy atom. The van der Waals surface area contributed by atoms with Crippen molar-refractivity contribution in [2.75, 3.05) is 32.8 Å². The van der Waals surface area contributed by atoms with Crippen LogP contribution in [-0.4, -0.2) is 65.9 Å². The molecule has 5 nitrogen and oxygen atoms in total. The number of hydrogen-bond donors (Lipinski definition) is 1. The number of piperidine rings is 2. The normalized spacial score (nSPS) is 18.9. The zero-order valence-electron chi connectivity index (χ0n) is 24.4. The molecular weight excluding hydrogens is 515 g/mol. The smallest absolute Gasteiger partial charge is 0.320 e. The van der Waals surface area contributed by atoms with Crippen LogP contribution >= 0.6 is 0 Å². The van der Waals surface area contributed by atoms with Crippen molar-refractivity contribution in [3.8, 4) is 28.0 Å². The number of hydrogen-bond acceptors (Lipinski definition) is 4. The first-order valence-electron chi connectivity index (χ1n) is 15.2. The molecule has 41 heavy (non-hydrogen) atoms. The quantitative estimate of drug-likeness (QED) is 0.265. The molecule has 3 aromatic carbocycles. The Balaban J connectivity index is 1.26. The molecular formula is C35H43FN2O3. The minimum absolute atomic E-state index is 0.384. The van der Waals surface area contributed by atoms with Gasteiger partial charge in [-0.25, -0.2) is 4.39 Å². The maximum atomic E-state index is 13.4. The maximum absolute atomic E-state index is 13.4. The van der Waals surface area contributed by atoms with E-state index in [1.165, 1.54) is 22.3 Å². The Hall–Kier alpha value is -3.22. The van der Waals surface area contributed by atoms with Crippen molar-refractivity contribution in [1.29, 1.82) is 0 Å². The first-order chi connectivity index (χ1) is 19.9. The summed E-state index contributed by atoms with van der Waals surface area (Å²) < 4.78 is 19.6. The highest BCUT2D eigenvalue weighted by Crippen LogP contribution is 2.36. The summed E-state index contributed by atoms with van der Waals surface area (Å²) in [4.78, 5) is 16.1. The molecule has 0 saturated carbocycles. The fraction of sp³-hybridized carbons (Fsp3) is 0.457. The number of benzene rings is 3. The average molecular weight is 559 g/mol. The molecule has 2 fully saturated rings. The molecule has 2 heterocycles. The van der Waals surface area contributed by atoms with Gasteiger partial charge in [-0.3, -0.25) is 9.69 Å². The Morgan fingerprint density at radius 3 is 2.29 bits per heavy atom. The van der Waals surface area contributed by atoms with Gasteiger partial charge in [-0.15, -0.1) is 0 Å². The van der Waals surface area contributed by atoms with Crippen LogP contribution in [0.15, 0.2) is 60.7 Å². The Bertz CT molecular complexity index is 1320. The highest BCUT2D eigenvalue weighted by molar-refractivity contribution is 5.80. The van der Waals surface area contributed by atoms with Crippen LogP contribution in [0.5, 0.6) is 5.75 Å². The van der Waals surface area contributed by atoms with Gasteiger partial charge in [0, 0.05) is 26.2 Å². The van der Waals surface area contributed by atoms with Crippen LogP contribution in [0.25, 0.3) is 22.3 Å². The number of halogens is 1. The molecule has 1 N–H and O–H groups in total. The van der Waals surface area contributed by atoms with E-state index >= 15 is 0 Å². The lowest BCUT2D eigenvalue weighted by Gasteiger charge is -2.32. The van der Waals surface area contributed by atoms with Gasteiger partial charge in [-0.1, -0.05) is 61.0 Å². The Kier molecular flexibility index (Phi) is 9.73. The standard InChI is InChI=1S/C35H43FN2O3/c1-25-30(28-15-13-27(14-16-28)24-38-20-4-3-11-33(38)35(39)40)8-5-9-31(25)32-10-6-12-34(26(32)2)41-23-7-19-37-21-17-29(36)18-22-37/h5-6,8-10,12-16,29,33H,3-4,7,11,17-24H2,1-2H3,(H,39,40)/t33-/m0/s1. The van der Waals surface area contributed by atoms with Crippen LogP contribution in [-0.2, 0) is 11.3 Å². The lowest BCUT2D eigenvalue weighted by atomic mass is 9.90. The Labute approximate surface area is 243 Å². The Morgan fingerprint density at radius 1 is 0.878 bits per heavy atom. The second kappa shape index (κ2) is 13.6. The van der Waals surface area contributed by atoms with Crippen LogP contribution < -0.4 is 4.74 Å². The number of rotatable bonds is 10. The van der Waals surface area contributed by atoms with E-state index < -0.39 is 12.1 Å². The fourth-order valence-corrected chi connectivity index (χ4v) is 6.38. The van der Waals surface area contributed by atoms with Gasteiger partial charge in [0.15, 0.2) is 0 Å². The summed E-state index contributed by atoms with van der Waals surface area (Å²) in [6.45, 7) is 9.09. The number of carboxylic acids is 1. The molecule has 0 unspecified atom stereocenters. The van der Waals surface area contributed by atoms with Crippen molar-refractivity contribution in [1.82, 2.24) is 9.80 Å². The monoisotopic (exact) mass is 558 g/mol. The number of alkyl halides is 1. The van der Waals surface area contributed by atoms with E-state index in [0.717, 1.165) is 74.3 Å². The molecule has 0 spiro atoms. The second-order valence-electron chi connectivity index (χ2n) is 11.6. The summed E-state index contributed by atoms with van der Waals surface area (Å²) in [5.74, 6) is 0.199. The van der Waals surface area contributed by atoms with E-state index in [4.69, 9.17) is 4.74 Å². The summed E-state index contributed by atoms with van der Waals surface area (Å²) in [6, 6.07) is 20.9. The lowest BCUT2D eigenvalue weighted by molar-refractivity contribution is -0.144. The summed E-state index contributed by atoms with van der Waals surface area (Å²) >= 11 is 0. The van der Waals surface area contributed by atoms with Crippen molar-refractivity contribution < 1.29 is 19.0 Å². The molecule has 1 atom stereocenters. The average Bonchev–Trinajstić information content (AvgIpc) is 2.98. The molecule has 0 amide bonds. The van der Waals surface area contributed by atoms with Crippen molar-refractivity contribution in [2.45, 2.75) is 71.1 Å². The molecule has 0 radical (unpaired) electrons. The van der Waals surface area contributed by atoms with E-state index in [0.29, 0.717) is 26.0 Å². The van der Waals surface area contributed by atoms with Crippen LogP contribution in [0.3, 0.4) is 0 Å². The van der Waals surface area contributed by atoms with Crippen LogP contribution in [0.1, 0.15) is 55.2 Å². The van der Waals surface area contributed by atoms with Gasteiger partial charge >= 0.3 is 5.97 Å². The predicted molar refractivity (Wildman–Crippen MR) is 163 cm³/mol. The number of ether oxygens (including phenoxy) is 1. The molecule has 0 aromatic heterocycles. The minimum atomic E-state index is -0.714. The molecule has 2 aliphatic rings. The third-order valence-electron chi connectivity index (χ3n) is 8.85. The topological polar surface area (TPSA) is 53.0 Å². The number of aliphatic carboxylic acids is 1. The van der Waals surface area contributed by atoms with Crippen molar-refractivity contribution in [3.63, 3.8) is 0 Å². The van der Waals surface area contributed by atoms with Gasteiger partial charge < -0.3 is 14.7 Å². The maximum Gasteiger partial charge on any atom is 0.320 e. The summed E-state index contributed by atoms with van der Waals surface area (Å²) in [7, 11) is 0. The van der Waals surface area contributed by atoms with Gasteiger partial charge in [0.25, 0.3) is 0 Å². The summed E-state index contributed by atoms with van der Waals surface area (Å²) in [5.41, 5.74) is 8.22. The first kappa shape index (κ1) is 29.3. The van der Waals surface area contributed by atoms with Crippen LogP contribution in [0.2, 0.25) is 0 Å².